The molecule has 0 saturated carbocycles. The molecule has 0 unspecified atom stereocenters. The van der Waals surface area contributed by atoms with Crippen LogP contribution in [0.1, 0.15) is 33.6 Å². The van der Waals surface area contributed by atoms with Gasteiger partial charge in [0, 0.05) is 11.7 Å². The Kier molecular flexibility index (Phi) is 3.86. The fourth-order valence-electron chi connectivity index (χ4n) is 1.12. The zero-order chi connectivity index (χ0) is 10.6. The van der Waals surface area contributed by atoms with Crippen LogP contribution in [0, 0.1) is 0 Å². The molecule has 1 N–H and O–H groups in total. The van der Waals surface area contributed by atoms with Gasteiger partial charge < -0.3 is 5.32 Å². The predicted molar refractivity (Wildman–Crippen MR) is 62.3 cm³/mol. The Morgan fingerprint density at radius 1 is 1.43 bits per heavy atom. The summed E-state index contributed by atoms with van der Waals surface area (Å²) in [5.74, 6) is 0.867. The summed E-state index contributed by atoms with van der Waals surface area (Å²) in [7, 11) is 0. The van der Waals surface area contributed by atoms with Crippen LogP contribution in [0.25, 0.3) is 0 Å². The first-order valence-electron chi connectivity index (χ1n) is 4.85. The molecule has 0 atom stereocenters. The van der Waals surface area contributed by atoms with Crippen LogP contribution in [0.2, 0.25) is 0 Å². The largest absolute Gasteiger partial charge is 0.364 e. The Labute approximate surface area is 93.5 Å². The van der Waals surface area contributed by atoms with E-state index >= 15 is 0 Å². The summed E-state index contributed by atoms with van der Waals surface area (Å²) in [5.41, 5.74) is 0.108. The molecule has 1 heterocycles. The standard InChI is InChI=1S/C10H16BrN3/c1-4-10(3,5-2)14-9-8(11)6-12-7-13-9/h6-7H,4-5H2,1-3H3,(H,12,13,14). The molecule has 1 aromatic heterocycles. The van der Waals surface area contributed by atoms with Crippen LogP contribution >= 0.6 is 15.9 Å². The fourth-order valence-corrected chi connectivity index (χ4v) is 1.44. The quantitative estimate of drug-likeness (QED) is 0.900. The van der Waals surface area contributed by atoms with Crippen LogP contribution in [-0.4, -0.2) is 15.5 Å². The molecule has 0 amide bonds. The predicted octanol–water partition coefficient (Wildman–Crippen LogP) is 3.23. The summed E-state index contributed by atoms with van der Waals surface area (Å²) in [6.45, 7) is 6.54. The van der Waals surface area contributed by atoms with E-state index in [0.29, 0.717) is 0 Å². The molecule has 0 saturated heterocycles. The first-order chi connectivity index (χ1) is 6.61. The Balaban J connectivity index is 2.82. The highest BCUT2D eigenvalue weighted by Gasteiger charge is 2.20. The third-order valence-electron chi connectivity index (χ3n) is 2.65. The molecule has 0 aliphatic rings. The van der Waals surface area contributed by atoms with Crippen LogP contribution in [0.5, 0.6) is 0 Å². The van der Waals surface area contributed by atoms with E-state index in [1.807, 2.05) is 0 Å². The second kappa shape index (κ2) is 4.73. The molecule has 0 aromatic carbocycles. The van der Waals surface area contributed by atoms with Gasteiger partial charge in [0.05, 0.1) is 4.47 Å². The maximum absolute atomic E-state index is 4.19. The molecule has 0 fully saturated rings. The van der Waals surface area contributed by atoms with Crippen molar-refractivity contribution in [3.8, 4) is 0 Å². The third-order valence-corrected chi connectivity index (χ3v) is 3.23. The van der Waals surface area contributed by atoms with Gasteiger partial charge >= 0.3 is 0 Å². The van der Waals surface area contributed by atoms with Crippen LogP contribution in [0.15, 0.2) is 17.0 Å². The van der Waals surface area contributed by atoms with Crippen molar-refractivity contribution in [2.24, 2.45) is 0 Å². The van der Waals surface area contributed by atoms with E-state index in [-0.39, 0.29) is 5.54 Å². The smallest absolute Gasteiger partial charge is 0.144 e. The number of nitrogens with zero attached hydrogens (tertiary/aromatic N) is 2. The van der Waals surface area contributed by atoms with Gasteiger partial charge in [-0.15, -0.1) is 0 Å². The van der Waals surface area contributed by atoms with E-state index in [4.69, 9.17) is 0 Å². The van der Waals surface area contributed by atoms with Crippen molar-refractivity contribution in [3.63, 3.8) is 0 Å². The summed E-state index contributed by atoms with van der Waals surface area (Å²) in [4.78, 5) is 8.12. The van der Waals surface area contributed by atoms with Crippen LogP contribution in [0.4, 0.5) is 5.82 Å². The molecular formula is C10H16BrN3. The molecule has 78 valence electrons. The second-order valence-corrected chi connectivity index (χ2v) is 4.47. The van der Waals surface area contributed by atoms with Crippen molar-refractivity contribution < 1.29 is 0 Å². The number of anilines is 1. The molecule has 4 heteroatoms. The summed E-state index contributed by atoms with van der Waals surface area (Å²) in [5, 5.41) is 3.43. The van der Waals surface area contributed by atoms with Crippen molar-refractivity contribution in [1.82, 2.24) is 9.97 Å². The Hall–Kier alpha value is -0.640. The van der Waals surface area contributed by atoms with E-state index in [1.54, 1.807) is 12.5 Å². The van der Waals surface area contributed by atoms with E-state index < -0.39 is 0 Å². The minimum absolute atomic E-state index is 0.108. The molecule has 14 heavy (non-hydrogen) atoms. The second-order valence-electron chi connectivity index (χ2n) is 3.61. The lowest BCUT2D eigenvalue weighted by molar-refractivity contribution is 0.476. The highest BCUT2D eigenvalue weighted by molar-refractivity contribution is 9.10. The molecule has 0 radical (unpaired) electrons. The van der Waals surface area contributed by atoms with Gasteiger partial charge in [-0.1, -0.05) is 13.8 Å². The van der Waals surface area contributed by atoms with Gasteiger partial charge in [0.25, 0.3) is 0 Å². The lowest BCUT2D eigenvalue weighted by Gasteiger charge is -2.29. The highest BCUT2D eigenvalue weighted by Crippen LogP contribution is 2.24. The Morgan fingerprint density at radius 3 is 2.57 bits per heavy atom. The van der Waals surface area contributed by atoms with Crippen LogP contribution in [0.3, 0.4) is 0 Å². The zero-order valence-electron chi connectivity index (χ0n) is 8.84. The summed E-state index contributed by atoms with van der Waals surface area (Å²) >= 11 is 3.42. The van der Waals surface area contributed by atoms with E-state index in [9.17, 15) is 0 Å². The maximum atomic E-state index is 4.19. The van der Waals surface area contributed by atoms with Gasteiger partial charge in [-0.05, 0) is 35.7 Å². The summed E-state index contributed by atoms with van der Waals surface area (Å²) in [6, 6.07) is 0. The van der Waals surface area contributed by atoms with Crippen LogP contribution < -0.4 is 5.32 Å². The average molecular weight is 258 g/mol. The lowest BCUT2D eigenvalue weighted by Crippen LogP contribution is -2.33. The van der Waals surface area contributed by atoms with Crippen molar-refractivity contribution in [3.05, 3.63) is 17.0 Å². The average Bonchev–Trinajstić information content (AvgIpc) is 2.21. The number of rotatable bonds is 4. The van der Waals surface area contributed by atoms with Crippen molar-refractivity contribution >= 4 is 21.7 Å². The summed E-state index contributed by atoms with van der Waals surface area (Å²) < 4.78 is 0.910. The first-order valence-corrected chi connectivity index (χ1v) is 5.64. The topological polar surface area (TPSA) is 37.8 Å². The Morgan fingerprint density at radius 2 is 2.07 bits per heavy atom. The minimum atomic E-state index is 0.108. The molecule has 0 aliphatic heterocycles. The van der Waals surface area contributed by atoms with Gasteiger partial charge in [-0.25, -0.2) is 9.97 Å². The van der Waals surface area contributed by atoms with E-state index in [0.717, 1.165) is 23.1 Å². The molecule has 0 bridgehead atoms. The van der Waals surface area contributed by atoms with Crippen molar-refractivity contribution in [2.45, 2.75) is 39.2 Å². The molecule has 1 rings (SSSR count). The highest BCUT2D eigenvalue weighted by atomic mass is 79.9. The van der Waals surface area contributed by atoms with Gasteiger partial charge in [-0.3, -0.25) is 0 Å². The minimum Gasteiger partial charge on any atom is -0.364 e. The Bertz CT molecular complexity index is 297. The number of hydrogen-bond donors (Lipinski definition) is 1. The molecule has 0 aliphatic carbocycles. The number of nitrogens with one attached hydrogen (secondary N) is 1. The monoisotopic (exact) mass is 257 g/mol. The third kappa shape index (κ3) is 2.67. The molecular weight excluding hydrogens is 242 g/mol. The van der Waals surface area contributed by atoms with Gasteiger partial charge in [0.15, 0.2) is 0 Å². The molecule has 3 nitrogen and oxygen atoms in total. The summed E-state index contributed by atoms with van der Waals surface area (Å²) in [6.07, 6.45) is 5.44. The number of aromatic nitrogens is 2. The lowest BCUT2D eigenvalue weighted by atomic mass is 9.96. The zero-order valence-corrected chi connectivity index (χ0v) is 10.4. The van der Waals surface area contributed by atoms with Crippen LogP contribution in [-0.2, 0) is 0 Å². The van der Waals surface area contributed by atoms with E-state index in [1.165, 1.54) is 0 Å². The molecule has 1 aromatic rings. The van der Waals surface area contributed by atoms with Gasteiger partial charge in [0.1, 0.15) is 12.1 Å². The number of halogens is 1. The normalized spacial score (nSPS) is 11.4. The fraction of sp³-hybridized carbons (Fsp3) is 0.600. The van der Waals surface area contributed by atoms with Crippen molar-refractivity contribution in [1.29, 1.82) is 0 Å². The van der Waals surface area contributed by atoms with Gasteiger partial charge in [-0.2, -0.15) is 0 Å². The first kappa shape index (κ1) is 11.4. The van der Waals surface area contributed by atoms with Gasteiger partial charge in [0.2, 0.25) is 0 Å². The number of hydrogen-bond acceptors (Lipinski definition) is 3. The maximum Gasteiger partial charge on any atom is 0.144 e. The SMILES string of the molecule is CCC(C)(CC)Nc1ncncc1Br. The van der Waals surface area contributed by atoms with Crippen molar-refractivity contribution in [2.75, 3.05) is 5.32 Å². The molecule has 0 spiro atoms. The van der Waals surface area contributed by atoms with E-state index in [2.05, 4.69) is 52.0 Å².